The second kappa shape index (κ2) is 11.1. The van der Waals surface area contributed by atoms with Crippen LogP contribution in [0.5, 0.6) is 0 Å². The van der Waals surface area contributed by atoms with E-state index in [1.807, 2.05) is 60.7 Å². The predicted molar refractivity (Wildman–Crippen MR) is 137 cm³/mol. The minimum atomic E-state index is -2.43. The summed E-state index contributed by atoms with van der Waals surface area (Å²) in [5, 5.41) is 8.55. The topological polar surface area (TPSA) is 88.4 Å². The van der Waals surface area contributed by atoms with Crippen LogP contribution in [0.1, 0.15) is 19.8 Å². The second-order valence-corrected chi connectivity index (χ2v) is 9.45. The molecule has 0 amide bonds. The maximum atomic E-state index is 11.9. The van der Waals surface area contributed by atoms with E-state index in [1.54, 1.807) is 19.1 Å². The number of likely N-dealkylation sites (tertiary alicyclic amines) is 1. The van der Waals surface area contributed by atoms with Crippen molar-refractivity contribution >= 4 is 26.8 Å². The molecule has 7 nitrogen and oxygen atoms in total. The van der Waals surface area contributed by atoms with Gasteiger partial charge >= 0.3 is 5.97 Å². The van der Waals surface area contributed by atoms with Gasteiger partial charge in [0.05, 0.1) is 5.69 Å². The summed E-state index contributed by atoms with van der Waals surface area (Å²) in [6.45, 7) is 6.55. The summed E-state index contributed by atoms with van der Waals surface area (Å²) in [6, 6.07) is 17.0. The number of nitrogens with zero attached hydrogens (tertiary/aromatic N) is 3. The zero-order chi connectivity index (χ0) is 24.8. The van der Waals surface area contributed by atoms with Crippen LogP contribution in [0.25, 0.3) is 11.1 Å². The molecule has 0 radical (unpaired) electrons. The Hall–Kier alpha value is -3.78. The first-order chi connectivity index (χ1) is 16.9. The fourth-order valence-corrected chi connectivity index (χ4v) is 4.51. The molecule has 0 N–H and O–H groups in total. The lowest BCUT2D eigenvalue weighted by molar-refractivity contribution is -0.146. The molecule has 1 fully saturated rings. The van der Waals surface area contributed by atoms with Crippen molar-refractivity contribution in [2.75, 3.05) is 13.1 Å². The summed E-state index contributed by atoms with van der Waals surface area (Å²) in [4.78, 5) is 14.0. The molecule has 1 heterocycles. The van der Waals surface area contributed by atoms with E-state index in [-0.39, 0.29) is 16.9 Å². The molecule has 2 aromatic rings. The van der Waals surface area contributed by atoms with Crippen LogP contribution in [-0.4, -0.2) is 49.4 Å². The molecule has 1 atom stereocenters. The van der Waals surface area contributed by atoms with E-state index in [2.05, 4.69) is 21.7 Å². The van der Waals surface area contributed by atoms with Gasteiger partial charge in [0.2, 0.25) is 10.3 Å². The monoisotopic (exact) mass is 489 g/mol. The highest BCUT2D eigenvalue weighted by atomic mass is 32.2. The second-order valence-electron chi connectivity index (χ2n) is 8.51. The van der Waals surface area contributed by atoms with E-state index in [4.69, 9.17) is 4.74 Å². The lowest BCUT2D eigenvalue weighted by Gasteiger charge is -2.34. The molecular weight excluding hydrogens is 462 g/mol. The number of rotatable bonds is 6. The number of allylic oxidation sites excluding steroid dienone is 1. The largest absolute Gasteiger partial charge is 0.459 e. The van der Waals surface area contributed by atoms with Gasteiger partial charge in [0, 0.05) is 37.2 Å². The predicted octanol–water partition coefficient (Wildman–Crippen LogP) is 4.89. The van der Waals surface area contributed by atoms with E-state index in [0.717, 1.165) is 16.8 Å². The third kappa shape index (κ3) is 6.22. The normalized spacial score (nSPS) is 18.4. The number of esters is 1. The van der Waals surface area contributed by atoms with E-state index in [9.17, 15) is 13.2 Å². The molecule has 8 heteroatoms. The number of carbonyl (C=O) groups excluding carboxylic acids is 1. The Labute approximate surface area is 206 Å². The number of hydrogen-bond donors (Lipinski definition) is 0. The van der Waals surface area contributed by atoms with E-state index >= 15 is 0 Å². The molecule has 0 bridgehead atoms. The average molecular weight is 490 g/mol. The Balaban J connectivity index is 1.40. The smallest absolute Gasteiger partial charge is 0.333 e. The van der Waals surface area contributed by atoms with Gasteiger partial charge in [-0.05, 0) is 42.3 Å². The SMILES string of the molecule is C=C(C)C(=O)OC1CCN(C2=CC(=S(=O)=O)C(N=Nc3ccc(-c4ccccc4)cc3)C=C2)CC1. The first kappa shape index (κ1) is 24.3. The van der Waals surface area contributed by atoms with Crippen LogP contribution in [-0.2, 0) is 19.8 Å². The summed E-state index contributed by atoms with van der Waals surface area (Å²) in [5.41, 5.74) is 4.01. The fourth-order valence-electron chi connectivity index (χ4n) is 3.97. The minimum absolute atomic E-state index is 0.157. The van der Waals surface area contributed by atoms with Crippen LogP contribution in [0.4, 0.5) is 5.69 Å². The van der Waals surface area contributed by atoms with Crippen molar-refractivity contribution in [2.45, 2.75) is 31.9 Å². The summed E-state index contributed by atoms with van der Waals surface area (Å²) in [6.07, 6.45) is 6.44. The Morgan fingerprint density at radius 1 is 1.03 bits per heavy atom. The number of ether oxygens (including phenoxy) is 1. The quantitative estimate of drug-likeness (QED) is 0.249. The Morgan fingerprint density at radius 3 is 2.31 bits per heavy atom. The molecule has 1 aliphatic heterocycles. The van der Waals surface area contributed by atoms with Crippen LogP contribution < -0.4 is 0 Å². The van der Waals surface area contributed by atoms with Crippen LogP contribution >= 0.6 is 0 Å². The number of piperidine rings is 1. The third-order valence-corrected chi connectivity index (χ3v) is 6.67. The molecule has 1 saturated heterocycles. The van der Waals surface area contributed by atoms with Gasteiger partial charge in [0.15, 0.2) is 0 Å². The first-order valence-electron chi connectivity index (χ1n) is 11.4. The van der Waals surface area contributed by atoms with Gasteiger partial charge in [-0.15, -0.1) is 0 Å². The minimum Gasteiger partial charge on any atom is -0.459 e. The molecule has 0 spiro atoms. The Bertz CT molecular complexity index is 1310. The molecule has 2 aromatic carbocycles. The Kier molecular flexibility index (Phi) is 7.72. The van der Waals surface area contributed by atoms with E-state index < -0.39 is 16.3 Å². The molecule has 35 heavy (non-hydrogen) atoms. The van der Waals surface area contributed by atoms with Gasteiger partial charge in [-0.3, -0.25) is 0 Å². The summed E-state index contributed by atoms with van der Waals surface area (Å²) < 4.78 is 29.3. The molecule has 0 aromatic heterocycles. The van der Waals surface area contributed by atoms with Crippen molar-refractivity contribution in [3.05, 3.63) is 90.7 Å². The Morgan fingerprint density at radius 2 is 1.69 bits per heavy atom. The van der Waals surface area contributed by atoms with Gasteiger partial charge in [-0.1, -0.05) is 55.1 Å². The maximum Gasteiger partial charge on any atom is 0.333 e. The highest BCUT2D eigenvalue weighted by molar-refractivity contribution is 7.73. The van der Waals surface area contributed by atoms with Crippen molar-refractivity contribution in [1.82, 2.24) is 4.90 Å². The number of azo groups is 1. The van der Waals surface area contributed by atoms with Crippen molar-refractivity contribution in [3.63, 3.8) is 0 Å². The standard InChI is InChI=1S/C27H27N3O4S/c1-19(2)27(31)34-24-14-16-30(17-15-24)23-12-13-25(26(18-23)35(32)33)29-28-22-10-8-21(9-11-22)20-6-4-3-5-7-20/h3-13,18,24-25H,1,14-17H2,2H3. The summed E-state index contributed by atoms with van der Waals surface area (Å²) >= 11 is 0. The summed E-state index contributed by atoms with van der Waals surface area (Å²) in [7, 11) is -2.43. The average Bonchev–Trinajstić information content (AvgIpc) is 2.88. The molecule has 2 aliphatic rings. The lowest BCUT2D eigenvalue weighted by Crippen LogP contribution is -2.38. The van der Waals surface area contributed by atoms with Gasteiger partial charge in [0.25, 0.3) is 0 Å². The fraction of sp³-hybridized carbons (Fsp3) is 0.259. The van der Waals surface area contributed by atoms with Crippen LogP contribution in [0.2, 0.25) is 0 Å². The van der Waals surface area contributed by atoms with E-state index in [1.165, 1.54) is 0 Å². The number of hydrogen-bond acceptors (Lipinski definition) is 7. The zero-order valence-electron chi connectivity index (χ0n) is 19.5. The molecular formula is C27H27N3O4S. The molecule has 1 aliphatic carbocycles. The number of benzene rings is 2. The van der Waals surface area contributed by atoms with Gasteiger partial charge in [-0.2, -0.15) is 18.6 Å². The van der Waals surface area contributed by atoms with Crippen LogP contribution in [0, 0.1) is 0 Å². The van der Waals surface area contributed by atoms with Crippen LogP contribution in [0.3, 0.4) is 0 Å². The maximum absolute atomic E-state index is 11.9. The highest BCUT2D eigenvalue weighted by Gasteiger charge is 2.26. The van der Waals surface area contributed by atoms with Gasteiger partial charge in [0.1, 0.15) is 17.0 Å². The number of carbonyl (C=O) groups is 1. The zero-order valence-corrected chi connectivity index (χ0v) is 20.3. The molecule has 1 unspecified atom stereocenters. The third-order valence-electron chi connectivity index (χ3n) is 5.92. The molecule has 4 rings (SSSR count). The van der Waals surface area contributed by atoms with Crippen molar-refractivity contribution in [3.8, 4) is 11.1 Å². The van der Waals surface area contributed by atoms with Crippen molar-refractivity contribution in [1.29, 1.82) is 0 Å². The molecule has 180 valence electrons. The van der Waals surface area contributed by atoms with Gasteiger partial charge in [-0.25, -0.2) is 4.79 Å². The van der Waals surface area contributed by atoms with Gasteiger partial charge < -0.3 is 9.64 Å². The lowest BCUT2D eigenvalue weighted by atomic mass is 10.0. The first-order valence-corrected chi connectivity index (χ1v) is 12.5. The van der Waals surface area contributed by atoms with E-state index in [0.29, 0.717) is 37.2 Å². The highest BCUT2D eigenvalue weighted by Crippen LogP contribution is 2.25. The van der Waals surface area contributed by atoms with Crippen LogP contribution in [0.15, 0.2) is 101 Å². The summed E-state index contributed by atoms with van der Waals surface area (Å²) in [5.74, 6) is -0.375. The molecule has 0 saturated carbocycles. The van der Waals surface area contributed by atoms with Crippen molar-refractivity contribution in [2.24, 2.45) is 10.2 Å². The van der Waals surface area contributed by atoms with Crippen molar-refractivity contribution < 1.29 is 17.9 Å².